The van der Waals surface area contributed by atoms with Crippen molar-refractivity contribution in [2.45, 2.75) is 38.5 Å². The molecule has 7 heteroatoms. The van der Waals surface area contributed by atoms with Gasteiger partial charge in [-0.2, -0.15) is 0 Å². The summed E-state index contributed by atoms with van der Waals surface area (Å²) in [5.41, 5.74) is 2.77. The maximum Gasteiger partial charge on any atom is 0.326 e. The van der Waals surface area contributed by atoms with Gasteiger partial charge in [-0.15, -0.1) is 0 Å². The molecule has 1 aliphatic heterocycles. The number of carbonyl (C=O) groups is 2. The van der Waals surface area contributed by atoms with Gasteiger partial charge in [0, 0.05) is 24.0 Å². The van der Waals surface area contributed by atoms with Gasteiger partial charge in [-0.25, -0.2) is 4.79 Å². The van der Waals surface area contributed by atoms with Crippen molar-refractivity contribution < 1.29 is 24.9 Å². The Hall–Kier alpha value is -2.51. The summed E-state index contributed by atoms with van der Waals surface area (Å²) >= 11 is 0. The zero-order chi connectivity index (χ0) is 18.1. The van der Waals surface area contributed by atoms with Crippen LogP contribution >= 0.6 is 0 Å². The number of para-hydroxylation sites is 1. The van der Waals surface area contributed by atoms with Crippen LogP contribution in [0.1, 0.15) is 23.2 Å². The van der Waals surface area contributed by atoms with Crippen LogP contribution in [0.15, 0.2) is 24.3 Å². The van der Waals surface area contributed by atoms with Crippen molar-refractivity contribution in [2.75, 3.05) is 6.54 Å². The molecule has 132 valence electrons. The predicted molar refractivity (Wildman–Crippen MR) is 89.9 cm³/mol. The van der Waals surface area contributed by atoms with E-state index in [2.05, 4.69) is 4.98 Å². The molecule has 2 atom stereocenters. The number of pyridine rings is 1. The third-order valence-corrected chi connectivity index (χ3v) is 4.53. The summed E-state index contributed by atoms with van der Waals surface area (Å²) < 4.78 is 0. The van der Waals surface area contributed by atoms with Crippen molar-refractivity contribution in [1.29, 1.82) is 0 Å². The molecule has 1 aromatic heterocycles. The second-order valence-electron chi connectivity index (χ2n) is 6.36. The van der Waals surface area contributed by atoms with E-state index in [-0.39, 0.29) is 31.9 Å². The molecule has 0 unspecified atom stereocenters. The molecule has 3 rings (SSSR count). The first-order valence-corrected chi connectivity index (χ1v) is 8.10. The Balaban J connectivity index is 1.94. The van der Waals surface area contributed by atoms with Crippen molar-refractivity contribution in [3.63, 3.8) is 0 Å². The molecule has 1 aliphatic rings. The monoisotopic (exact) mass is 344 g/mol. The molecule has 0 radical (unpaired) electrons. The smallest absolute Gasteiger partial charge is 0.326 e. The third-order valence-electron chi connectivity index (χ3n) is 4.53. The van der Waals surface area contributed by atoms with E-state index in [1.54, 1.807) is 18.2 Å². The van der Waals surface area contributed by atoms with Gasteiger partial charge in [0.25, 0.3) is 0 Å². The number of aromatic nitrogens is 1. The van der Waals surface area contributed by atoms with Crippen molar-refractivity contribution in [3.05, 3.63) is 41.1 Å². The van der Waals surface area contributed by atoms with Crippen LogP contribution < -0.4 is 0 Å². The first-order chi connectivity index (χ1) is 11.9. The zero-order valence-corrected chi connectivity index (χ0v) is 13.8. The fourth-order valence-electron chi connectivity index (χ4n) is 3.38. The zero-order valence-electron chi connectivity index (χ0n) is 13.8. The van der Waals surface area contributed by atoms with Crippen molar-refractivity contribution >= 4 is 22.8 Å². The van der Waals surface area contributed by atoms with E-state index in [1.165, 1.54) is 4.90 Å². The number of aliphatic hydroxyl groups is 2. The highest BCUT2D eigenvalue weighted by molar-refractivity contribution is 5.91. The SMILES string of the molecule is Cc1cc(CO)c2cccc(CC(=O)N3C[C@H](O)C[C@H]3C(=O)O)c2n1. The average Bonchev–Trinajstić information content (AvgIpc) is 2.97. The number of fused-ring (bicyclic) bond motifs is 1. The molecule has 0 aliphatic carbocycles. The first-order valence-electron chi connectivity index (χ1n) is 8.10. The van der Waals surface area contributed by atoms with E-state index in [0.717, 1.165) is 16.6 Å². The standard InChI is InChI=1S/C18H20N2O5/c1-10-5-12(9-21)14-4-2-3-11(17(14)19-10)6-16(23)20-8-13(22)7-15(20)18(24)25/h2-5,13,15,21-22H,6-9H2,1H3,(H,24,25)/t13-,15+/m1/s1. The molecule has 2 heterocycles. The molecule has 7 nitrogen and oxygen atoms in total. The summed E-state index contributed by atoms with van der Waals surface area (Å²) in [6.45, 7) is 1.71. The lowest BCUT2D eigenvalue weighted by Gasteiger charge is -2.21. The number of rotatable bonds is 4. The number of hydrogen-bond acceptors (Lipinski definition) is 5. The third kappa shape index (κ3) is 3.33. The van der Waals surface area contributed by atoms with Gasteiger partial charge in [-0.05, 0) is 24.1 Å². The molecule has 25 heavy (non-hydrogen) atoms. The number of β-amino-alcohol motifs (C(OH)–C–C–N with tert-alkyl or cyclic N) is 1. The number of nitrogens with zero attached hydrogens (tertiary/aromatic N) is 2. The lowest BCUT2D eigenvalue weighted by molar-refractivity contribution is -0.147. The average molecular weight is 344 g/mol. The lowest BCUT2D eigenvalue weighted by atomic mass is 10.0. The maximum absolute atomic E-state index is 12.6. The van der Waals surface area contributed by atoms with E-state index in [4.69, 9.17) is 0 Å². The number of aliphatic carboxylic acids is 1. The molecule has 2 aromatic rings. The number of amides is 1. The van der Waals surface area contributed by atoms with Gasteiger partial charge in [-0.3, -0.25) is 9.78 Å². The van der Waals surface area contributed by atoms with Gasteiger partial charge in [-0.1, -0.05) is 18.2 Å². The van der Waals surface area contributed by atoms with Gasteiger partial charge < -0.3 is 20.2 Å². The van der Waals surface area contributed by atoms with Crippen LogP contribution in [0.2, 0.25) is 0 Å². The van der Waals surface area contributed by atoms with Gasteiger partial charge in [0.05, 0.1) is 24.6 Å². The van der Waals surface area contributed by atoms with E-state index in [1.807, 2.05) is 13.0 Å². The topological polar surface area (TPSA) is 111 Å². The second kappa shape index (κ2) is 6.78. The number of aliphatic hydroxyl groups excluding tert-OH is 2. The summed E-state index contributed by atoms with van der Waals surface area (Å²) in [5.74, 6) is -1.47. The van der Waals surface area contributed by atoms with Crippen LogP contribution in [0.25, 0.3) is 10.9 Å². The summed E-state index contributed by atoms with van der Waals surface area (Å²) in [7, 11) is 0. The number of hydrogen-bond donors (Lipinski definition) is 3. The molecule has 1 aromatic carbocycles. The summed E-state index contributed by atoms with van der Waals surface area (Å²) in [6.07, 6.45) is -0.781. The second-order valence-corrected chi connectivity index (χ2v) is 6.36. The summed E-state index contributed by atoms with van der Waals surface area (Å²) in [5, 5.41) is 29.3. The van der Waals surface area contributed by atoms with E-state index in [0.29, 0.717) is 11.1 Å². The summed E-state index contributed by atoms with van der Waals surface area (Å²) in [4.78, 5) is 29.6. The number of benzene rings is 1. The summed E-state index contributed by atoms with van der Waals surface area (Å²) in [6, 6.07) is 6.19. The van der Waals surface area contributed by atoms with E-state index >= 15 is 0 Å². The van der Waals surface area contributed by atoms with Crippen LogP contribution in [0.3, 0.4) is 0 Å². The van der Waals surface area contributed by atoms with Gasteiger partial charge in [0.1, 0.15) is 6.04 Å². The quantitative estimate of drug-likeness (QED) is 0.750. The minimum absolute atomic E-state index is 0.00480. The number of carbonyl (C=O) groups excluding carboxylic acids is 1. The van der Waals surface area contributed by atoms with Crippen LogP contribution in [0, 0.1) is 6.92 Å². The molecule has 1 fully saturated rings. The molecule has 0 bridgehead atoms. The number of likely N-dealkylation sites (tertiary alicyclic amines) is 1. The van der Waals surface area contributed by atoms with Crippen LogP contribution in [0.4, 0.5) is 0 Å². The van der Waals surface area contributed by atoms with E-state index in [9.17, 15) is 24.9 Å². The Morgan fingerprint density at radius 2 is 2.08 bits per heavy atom. The fourth-order valence-corrected chi connectivity index (χ4v) is 3.38. The van der Waals surface area contributed by atoms with E-state index < -0.39 is 18.1 Å². The van der Waals surface area contributed by atoms with Gasteiger partial charge in [0.15, 0.2) is 0 Å². The largest absolute Gasteiger partial charge is 0.480 e. The minimum atomic E-state index is -1.11. The fraction of sp³-hybridized carbons (Fsp3) is 0.389. The number of aryl methyl sites for hydroxylation is 1. The van der Waals surface area contributed by atoms with Crippen LogP contribution in [0.5, 0.6) is 0 Å². The Labute approximate surface area is 144 Å². The molecule has 3 N–H and O–H groups in total. The highest BCUT2D eigenvalue weighted by Gasteiger charge is 2.38. The molecule has 0 saturated carbocycles. The Bertz CT molecular complexity index is 836. The number of carboxylic acids is 1. The van der Waals surface area contributed by atoms with Crippen LogP contribution in [-0.4, -0.2) is 55.8 Å². The van der Waals surface area contributed by atoms with Crippen molar-refractivity contribution in [1.82, 2.24) is 9.88 Å². The van der Waals surface area contributed by atoms with Crippen LogP contribution in [-0.2, 0) is 22.6 Å². The predicted octanol–water partition coefficient (Wildman–Crippen LogP) is 0.624. The van der Waals surface area contributed by atoms with Crippen molar-refractivity contribution in [3.8, 4) is 0 Å². The molecule has 1 saturated heterocycles. The Morgan fingerprint density at radius 3 is 2.76 bits per heavy atom. The molecular formula is C18H20N2O5. The normalized spacial score (nSPS) is 20.2. The maximum atomic E-state index is 12.6. The van der Waals surface area contributed by atoms with Gasteiger partial charge in [0.2, 0.25) is 5.91 Å². The Morgan fingerprint density at radius 1 is 1.32 bits per heavy atom. The highest BCUT2D eigenvalue weighted by atomic mass is 16.4. The van der Waals surface area contributed by atoms with Crippen molar-refractivity contribution in [2.24, 2.45) is 0 Å². The lowest BCUT2D eigenvalue weighted by Crippen LogP contribution is -2.41. The first kappa shape index (κ1) is 17.3. The van der Waals surface area contributed by atoms with Gasteiger partial charge >= 0.3 is 5.97 Å². The molecule has 1 amide bonds. The molecular weight excluding hydrogens is 324 g/mol. The highest BCUT2D eigenvalue weighted by Crippen LogP contribution is 2.24. The Kier molecular flexibility index (Phi) is 4.69. The number of carboxylic acid groups (broad SMARTS) is 1. The molecule has 0 spiro atoms. The minimum Gasteiger partial charge on any atom is -0.480 e.